The van der Waals surface area contributed by atoms with E-state index in [0.717, 1.165) is 69.3 Å². The Morgan fingerprint density at radius 2 is 1.83 bits per heavy atom. The van der Waals surface area contributed by atoms with Crippen LogP contribution in [0.2, 0.25) is 0 Å². The molecule has 5 heteroatoms. The van der Waals surface area contributed by atoms with Gasteiger partial charge in [-0.1, -0.05) is 57.0 Å². The van der Waals surface area contributed by atoms with E-state index in [0.29, 0.717) is 12.1 Å². The van der Waals surface area contributed by atoms with E-state index >= 15 is 0 Å². The topological polar surface area (TPSA) is 49.4 Å². The summed E-state index contributed by atoms with van der Waals surface area (Å²) in [6, 6.07) is 11.0. The van der Waals surface area contributed by atoms with Gasteiger partial charge in [-0.15, -0.1) is 0 Å². The first-order valence-corrected chi connectivity index (χ1v) is 13.0. The molecule has 4 nitrogen and oxygen atoms in total. The van der Waals surface area contributed by atoms with Gasteiger partial charge < -0.3 is 10.2 Å². The van der Waals surface area contributed by atoms with Gasteiger partial charge in [0, 0.05) is 23.8 Å². The molecule has 0 aliphatic carbocycles. The number of carbonyl (C=O) groups is 2. The van der Waals surface area contributed by atoms with E-state index in [1.165, 1.54) is 5.56 Å². The summed E-state index contributed by atoms with van der Waals surface area (Å²) in [5, 5.41) is 3.12. The fourth-order valence-electron chi connectivity index (χ4n) is 4.94. The molecule has 2 heterocycles. The Morgan fingerprint density at radius 1 is 1.10 bits per heavy atom. The summed E-state index contributed by atoms with van der Waals surface area (Å²) < 4.78 is 0. The van der Waals surface area contributed by atoms with Crippen LogP contribution in [0.1, 0.15) is 70.8 Å². The molecule has 0 radical (unpaired) electrons. The Labute approximate surface area is 186 Å². The van der Waals surface area contributed by atoms with Crippen LogP contribution in [-0.4, -0.2) is 46.3 Å². The maximum absolute atomic E-state index is 13.5. The van der Waals surface area contributed by atoms with Crippen molar-refractivity contribution in [2.24, 2.45) is 5.92 Å². The molecule has 0 spiro atoms. The second kappa shape index (κ2) is 11.8. The molecule has 0 unspecified atom stereocenters. The number of thioether (sulfide) groups is 1. The number of fused-ring (bicyclic) bond motifs is 1. The van der Waals surface area contributed by atoms with Gasteiger partial charge in [-0.05, 0) is 56.3 Å². The van der Waals surface area contributed by atoms with Crippen molar-refractivity contribution in [1.82, 2.24) is 10.2 Å². The van der Waals surface area contributed by atoms with Gasteiger partial charge in [0.15, 0.2) is 0 Å². The first-order chi connectivity index (χ1) is 14.6. The largest absolute Gasteiger partial charge is 0.344 e. The van der Waals surface area contributed by atoms with E-state index in [-0.39, 0.29) is 23.8 Å². The number of carbonyl (C=O) groups excluding carboxylic acids is 2. The summed E-state index contributed by atoms with van der Waals surface area (Å²) in [6.45, 7) is 4.10. The summed E-state index contributed by atoms with van der Waals surface area (Å²) in [6.07, 6.45) is 9.02. The standard InChI is InChI=1S/C25H38N2O2S/c1-3-20(4-2)24(28)26-23-13-9-8-12-21-14-15-22(27(21)25(23)29)18-30-17-16-19-10-6-5-7-11-19/h5-7,10-11,20-23H,3-4,8-9,12-18H2,1-2H3,(H,26,28)/t21-,22-,23-/m0/s1. The molecule has 3 atom stereocenters. The van der Waals surface area contributed by atoms with Crippen LogP contribution in [-0.2, 0) is 16.0 Å². The minimum Gasteiger partial charge on any atom is -0.344 e. The molecule has 0 bridgehead atoms. The molecule has 2 saturated heterocycles. The van der Waals surface area contributed by atoms with Crippen molar-refractivity contribution in [2.45, 2.75) is 89.8 Å². The molecule has 2 fully saturated rings. The van der Waals surface area contributed by atoms with Gasteiger partial charge >= 0.3 is 0 Å². The molecule has 30 heavy (non-hydrogen) atoms. The molecule has 3 rings (SSSR count). The summed E-state index contributed by atoms with van der Waals surface area (Å²) >= 11 is 1.96. The van der Waals surface area contributed by atoms with Crippen LogP contribution in [0.5, 0.6) is 0 Å². The van der Waals surface area contributed by atoms with Crippen molar-refractivity contribution in [2.75, 3.05) is 11.5 Å². The van der Waals surface area contributed by atoms with Crippen molar-refractivity contribution in [3.8, 4) is 0 Å². The monoisotopic (exact) mass is 430 g/mol. The smallest absolute Gasteiger partial charge is 0.245 e. The highest BCUT2D eigenvalue weighted by Gasteiger charge is 2.40. The average Bonchev–Trinajstić information content (AvgIpc) is 3.15. The van der Waals surface area contributed by atoms with Crippen LogP contribution in [0.4, 0.5) is 0 Å². The Hall–Kier alpha value is -1.49. The zero-order valence-electron chi connectivity index (χ0n) is 18.6. The fourth-order valence-corrected chi connectivity index (χ4v) is 6.08. The van der Waals surface area contributed by atoms with Gasteiger partial charge in [0.05, 0.1) is 0 Å². The third-order valence-corrected chi connectivity index (χ3v) is 7.93. The normalized spacial score (nSPS) is 24.4. The van der Waals surface area contributed by atoms with Gasteiger partial charge in [0.1, 0.15) is 6.04 Å². The predicted octanol–water partition coefficient (Wildman–Crippen LogP) is 4.82. The van der Waals surface area contributed by atoms with Crippen LogP contribution in [0.3, 0.4) is 0 Å². The Morgan fingerprint density at radius 3 is 2.57 bits per heavy atom. The number of nitrogens with one attached hydrogen (secondary N) is 1. The first-order valence-electron chi connectivity index (χ1n) is 11.9. The van der Waals surface area contributed by atoms with Crippen molar-refractivity contribution < 1.29 is 9.59 Å². The average molecular weight is 431 g/mol. The molecular formula is C25H38N2O2S. The van der Waals surface area contributed by atoms with Gasteiger partial charge in [-0.25, -0.2) is 0 Å². The van der Waals surface area contributed by atoms with Crippen LogP contribution in [0.15, 0.2) is 30.3 Å². The Balaban J connectivity index is 1.57. The van der Waals surface area contributed by atoms with E-state index in [4.69, 9.17) is 0 Å². The maximum Gasteiger partial charge on any atom is 0.245 e. The number of benzene rings is 1. The lowest BCUT2D eigenvalue weighted by Gasteiger charge is -2.36. The fraction of sp³-hybridized carbons (Fsp3) is 0.680. The van der Waals surface area contributed by atoms with E-state index in [1.54, 1.807) is 0 Å². The van der Waals surface area contributed by atoms with Crippen molar-refractivity contribution in [1.29, 1.82) is 0 Å². The van der Waals surface area contributed by atoms with E-state index < -0.39 is 0 Å². The van der Waals surface area contributed by atoms with Gasteiger partial charge in [0.2, 0.25) is 11.8 Å². The van der Waals surface area contributed by atoms with Gasteiger partial charge in [-0.3, -0.25) is 9.59 Å². The summed E-state index contributed by atoms with van der Waals surface area (Å²) in [7, 11) is 0. The second-order valence-corrected chi connectivity index (χ2v) is 9.95. The van der Waals surface area contributed by atoms with E-state index in [1.807, 2.05) is 25.6 Å². The predicted molar refractivity (Wildman–Crippen MR) is 126 cm³/mol. The molecule has 1 aromatic carbocycles. The van der Waals surface area contributed by atoms with Crippen molar-refractivity contribution >= 4 is 23.6 Å². The molecule has 2 aliphatic heterocycles. The third-order valence-electron chi connectivity index (χ3n) is 6.81. The van der Waals surface area contributed by atoms with Crippen LogP contribution < -0.4 is 5.32 Å². The minimum atomic E-state index is -0.337. The Bertz CT molecular complexity index is 677. The first kappa shape index (κ1) is 23.2. The maximum atomic E-state index is 13.5. The van der Waals surface area contributed by atoms with Crippen LogP contribution in [0, 0.1) is 5.92 Å². The molecule has 2 aliphatic rings. The zero-order chi connectivity index (χ0) is 21.3. The Kier molecular flexibility index (Phi) is 9.10. The summed E-state index contributed by atoms with van der Waals surface area (Å²) in [4.78, 5) is 28.3. The zero-order valence-corrected chi connectivity index (χ0v) is 19.5. The lowest BCUT2D eigenvalue weighted by atomic mass is 9.97. The van der Waals surface area contributed by atoms with Gasteiger partial charge in [-0.2, -0.15) is 11.8 Å². The number of rotatable bonds is 9. The quantitative estimate of drug-likeness (QED) is 0.572. The van der Waals surface area contributed by atoms with Crippen LogP contribution >= 0.6 is 11.8 Å². The van der Waals surface area contributed by atoms with E-state index in [2.05, 4.69) is 40.5 Å². The van der Waals surface area contributed by atoms with E-state index in [9.17, 15) is 9.59 Å². The highest BCUT2D eigenvalue weighted by Crippen LogP contribution is 2.33. The SMILES string of the molecule is CCC(CC)C(=O)N[C@H]1CCCC[C@H]2CC[C@@H](CSCCc3ccccc3)N2C1=O. The molecule has 0 aromatic heterocycles. The minimum absolute atomic E-state index is 0.0157. The lowest BCUT2D eigenvalue weighted by molar-refractivity contribution is -0.140. The molecule has 2 amide bonds. The molecule has 0 saturated carbocycles. The highest BCUT2D eigenvalue weighted by atomic mass is 32.2. The number of amides is 2. The summed E-state index contributed by atoms with van der Waals surface area (Å²) in [5.41, 5.74) is 1.38. The molecule has 166 valence electrons. The lowest BCUT2D eigenvalue weighted by Crippen LogP contribution is -2.54. The van der Waals surface area contributed by atoms with Crippen LogP contribution in [0.25, 0.3) is 0 Å². The van der Waals surface area contributed by atoms with Crippen molar-refractivity contribution in [3.63, 3.8) is 0 Å². The second-order valence-electron chi connectivity index (χ2n) is 8.80. The summed E-state index contributed by atoms with van der Waals surface area (Å²) in [5.74, 6) is 2.33. The molecule has 1 N–H and O–H groups in total. The van der Waals surface area contributed by atoms with Crippen molar-refractivity contribution in [3.05, 3.63) is 35.9 Å². The number of nitrogens with zero attached hydrogens (tertiary/aromatic N) is 1. The molecular weight excluding hydrogens is 392 g/mol. The third kappa shape index (κ3) is 6.03. The van der Waals surface area contributed by atoms with Gasteiger partial charge in [0.25, 0.3) is 0 Å². The number of aryl methyl sites for hydroxylation is 1. The molecule has 1 aromatic rings. The number of hydrogen-bond donors (Lipinski definition) is 1. The highest BCUT2D eigenvalue weighted by molar-refractivity contribution is 7.99. The number of hydrogen-bond acceptors (Lipinski definition) is 3.